The van der Waals surface area contributed by atoms with Gasteiger partial charge in [0.15, 0.2) is 0 Å². The fourth-order valence-corrected chi connectivity index (χ4v) is 5.16. The van der Waals surface area contributed by atoms with E-state index in [-0.39, 0.29) is 24.2 Å². The Balaban J connectivity index is 0.00000243. The molecular weight excluding hydrogens is 374 g/mol. The molecule has 1 atom stereocenters. The van der Waals surface area contributed by atoms with Crippen molar-refractivity contribution in [2.45, 2.75) is 25.7 Å². The molecule has 2 heterocycles. The lowest BCUT2D eigenvalue weighted by atomic mass is 9.88. The van der Waals surface area contributed by atoms with Gasteiger partial charge in [-0.2, -0.15) is 4.31 Å². The standard InChI is InChI=1S/C18H27N3O3S.ClH/c1-13-4-5-14(2)17(10-13)25(23,24)21-8-6-20(7-9-21)18(22)15(3)16-11-19-12-16;/h4-5,10,15-16,19H,6-9,11-12H2,1-3H3;1H. The summed E-state index contributed by atoms with van der Waals surface area (Å²) in [5.41, 5.74) is 1.69. The summed E-state index contributed by atoms with van der Waals surface area (Å²) in [5, 5.41) is 3.20. The van der Waals surface area contributed by atoms with Crippen LogP contribution >= 0.6 is 12.4 Å². The summed E-state index contributed by atoms with van der Waals surface area (Å²) in [6.45, 7) is 9.13. The second-order valence-electron chi connectivity index (χ2n) is 7.21. The van der Waals surface area contributed by atoms with Gasteiger partial charge in [-0.3, -0.25) is 4.79 Å². The summed E-state index contributed by atoms with van der Waals surface area (Å²) in [6, 6.07) is 5.49. The second-order valence-corrected chi connectivity index (χ2v) is 9.11. The van der Waals surface area contributed by atoms with Crippen LogP contribution in [-0.2, 0) is 14.8 Å². The van der Waals surface area contributed by atoms with Gasteiger partial charge in [0, 0.05) is 32.1 Å². The van der Waals surface area contributed by atoms with Crippen LogP contribution in [0.4, 0.5) is 0 Å². The zero-order valence-electron chi connectivity index (χ0n) is 15.6. The number of carbonyl (C=O) groups is 1. The smallest absolute Gasteiger partial charge is 0.243 e. The van der Waals surface area contributed by atoms with Crippen molar-refractivity contribution in [2.24, 2.45) is 11.8 Å². The van der Waals surface area contributed by atoms with Gasteiger partial charge in [0.1, 0.15) is 0 Å². The summed E-state index contributed by atoms with van der Waals surface area (Å²) < 4.78 is 27.4. The Bertz CT molecular complexity index is 757. The van der Waals surface area contributed by atoms with Crippen molar-refractivity contribution in [3.63, 3.8) is 0 Å². The quantitative estimate of drug-likeness (QED) is 0.828. The van der Waals surface area contributed by atoms with E-state index in [1.54, 1.807) is 6.07 Å². The molecule has 1 amide bonds. The van der Waals surface area contributed by atoms with Gasteiger partial charge in [-0.1, -0.05) is 19.1 Å². The molecule has 2 aliphatic heterocycles. The van der Waals surface area contributed by atoms with Crippen molar-refractivity contribution in [1.29, 1.82) is 0 Å². The Morgan fingerprint density at radius 2 is 1.77 bits per heavy atom. The number of halogens is 1. The molecule has 3 rings (SSSR count). The van der Waals surface area contributed by atoms with Gasteiger partial charge >= 0.3 is 0 Å². The molecule has 1 aromatic rings. The molecule has 1 aromatic carbocycles. The fourth-order valence-electron chi connectivity index (χ4n) is 3.43. The van der Waals surface area contributed by atoms with Crippen molar-refractivity contribution in [1.82, 2.24) is 14.5 Å². The number of piperazine rings is 1. The van der Waals surface area contributed by atoms with E-state index in [1.807, 2.05) is 37.8 Å². The van der Waals surface area contributed by atoms with E-state index in [9.17, 15) is 13.2 Å². The van der Waals surface area contributed by atoms with Crippen molar-refractivity contribution in [3.8, 4) is 0 Å². The first kappa shape index (κ1) is 21.2. The van der Waals surface area contributed by atoms with Crippen LogP contribution in [0.25, 0.3) is 0 Å². The summed E-state index contributed by atoms with van der Waals surface area (Å²) in [5.74, 6) is 0.558. The molecule has 0 aromatic heterocycles. The van der Waals surface area contributed by atoms with Crippen LogP contribution in [0.15, 0.2) is 23.1 Å². The lowest BCUT2D eigenvalue weighted by Gasteiger charge is -2.38. The van der Waals surface area contributed by atoms with Crippen LogP contribution in [-0.4, -0.2) is 62.8 Å². The molecule has 0 spiro atoms. The summed E-state index contributed by atoms with van der Waals surface area (Å²) >= 11 is 0. The maximum atomic E-state index is 12.9. The van der Waals surface area contributed by atoms with Gasteiger partial charge in [-0.15, -0.1) is 12.4 Å². The molecule has 146 valence electrons. The third-order valence-electron chi connectivity index (χ3n) is 5.42. The van der Waals surface area contributed by atoms with Crippen molar-refractivity contribution < 1.29 is 13.2 Å². The van der Waals surface area contributed by atoms with Crippen molar-refractivity contribution in [3.05, 3.63) is 29.3 Å². The largest absolute Gasteiger partial charge is 0.340 e. The molecule has 0 bridgehead atoms. The molecule has 0 radical (unpaired) electrons. The molecule has 2 aliphatic rings. The number of sulfonamides is 1. The normalized spacial score (nSPS) is 20.2. The lowest BCUT2D eigenvalue weighted by molar-refractivity contribution is -0.138. The summed E-state index contributed by atoms with van der Waals surface area (Å²) in [4.78, 5) is 14.8. The second kappa shape index (κ2) is 8.25. The minimum atomic E-state index is -3.51. The molecular formula is C18H28ClN3O3S. The van der Waals surface area contributed by atoms with E-state index in [1.165, 1.54) is 4.31 Å². The number of nitrogens with one attached hydrogen (secondary N) is 1. The summed E-state index contributed by atoms with van der Waals surface area (Å²) in [6.07, 6.45) is 0. The molecule has 2 fully saturated rings. The minimum Gasteiger partial charge on any atom is -0.340 e. The number of rotatable bonds is 4. The molecule has 0 saturated carbocycles. The fraction of sp³-hybridized carbons (Fsp3) is 0.611. The first-order chi connectivity index (χ1) is 11.8. The molecule has 26 heavy (non-hydrogen) atoms. The lowest BCUT2D eigenvalue weighted by Crippen LogP contribution is -2.55. The van der Waals surface area contributed by atoms with Crippen molar-refractivity contribution in [2.75, 3.05) is 39.3 Å². The topological polar surface area (TPSA) is 69.7 Å². The molecule has 0 aliphatic carbocycles. The molecule has 1 N–H and O–H groups in total. The van der Waals surface area contributed by atoms with E-state index >= 15 is 0 Å². The number of carbonyl (C=O) groups excluding carboxylic acids is 1. The van der Waals surface area contributed by atoms with Gasteiger partial charge in [-0.25, -0.2) is 8.42 Å². The van der Waals surface area contributed by atoms with E-state index in [4.69, 9.17) is 0 Å². The Morgan fingerprint density at radius 1 is 1.15 bits per heavy atom. The zero-order chi connectivity index (χ0) is 18.2. The Morgan fingerprint density at radius 3 is 2.31 bits per heavy atom. The third kappa shape index (κ3) is 4.06. The Kier molecular flexibility index (Phi) is 6.71. The van der Waals surface area contributed by atoms with Gasteiger partial charge < -0.3 is 10.2 Å². The van der Waals surface area contributed by atoms with Gasteiger partial charge in [-0.05, 0) is 50.0 Å². The SMILES string of the molecule is Cc1ccc(C)c(S(=O)(=O)N2CCN(C(=O)C(C)C3CNC3)CC2)c1.Cl. The number of aryl methyl sites for hydroxylation is 2. The Hall–Kier alpha value is -1.15. The average Bonchev–Trinajstić information content (AvgIpc) is 2.54. The van der Waals surface area contributed by atoms with E-state index < -0.39 is 10.0 Å². The maximum absolute atomic E-state index is 12.9. The van der Waals surface area contributed by atoms with Crippen LogP contribution in [0.3, 0.4) is 0 Å². The number of amides is 1. The highest BCUT2D eigenvalue weighted by atomic mass is 35.5. The van der Waals surface area contributed by atoms with Crippen LogP contribution < -0.4 is 5.32 Å². The van der Waals surface area contributed by atoms with Crippen LogP contribution in [0, 0.1) is 25.7 Å². The monoisotopic (exact) mass is 401 g/mol. The highest BCUT2D eigenvalue weighted by molar-refractivity contribution is 7.89. The first-order valence-electron chi connectivity index (χ1n) is 8.87. The first-order valence-corrected chi connectivity index (χ1v) is 10.3. The molecule has 2 saturated heterocycles. The van der Waals surface area contributed by atoms with Crippen LogP contribution in [0.1, 0.15) is 18.1 Å². The predicted octanol–water partition coefficient (Wildman–Crippen LogP) is 1.41. The third-order valence-corrected chi connectivity index (χ3v) is 7.46. The van der Waals surface area contributed by atoms with E-state index in [0.717, 1.165) is 24.2 Å². The summed E-state index contributed by atoms with van der Waals surface area (Å²) in [7, 11) is -3.51. The van der Waals surface area contributed by atoms with Gasteiger partial charge in [0.05, 0.1) is 4.90 Å². The predicted molar refractivity (Wildman–Crippen MR) is 104 cm³/mol. The van der Waals surface area contributed by atoms with Crippen LogP contribution in [0.5, 0.6) is 0 Å². The average molecular weight is 402 g/mol. The molecule has 6 nitrogen and oxygen atoms in total. The molecule has 1 unspecified atom stereocenters. The zero-order valence-corrected chi connectivity index (χ0v) is 17.2. The Labute approximate surface area is 162 Å². The van der Waals surface area contributed by atoms with Crippen LogP contribution in [0.2, 0.25) is 0 Å². The maximum Gasteiger partial charge on any atom is 0.243 e. The minimum absolute atomic E-state index is 0. The van der Waals surface area contributed by atoms with E-state index in [2.05, 4.69) is 5.32 Å². The number of hydrogen-bond acceptors (Lipinski definition) is 4. The number of nitrogens with zero attached hydrogens (tertiary/aromatic N) is 2. The highest BCUT2D eigenvalue weighted by Gasteiger charge is 2.35. The van der Waals surface area contributed by atoms with Crippen molar-refractivity contribution >= 4 is 28.3 Å². The highest BCUT2D eigenvalue weighted by Crippen LogP contribution is 2.24. The van der Waals surface area contributed by atoms with Gasteiger partial charge in [0.2, 0.25) is 15.9 Å². The van der Waals surface area contributed by atoms with E-state index in [0.29, 0.717) is 37.0 Å². The molecule has 8 heteroatoms. The number of benzene rings is 1. The number of hydrogen-bond donors (Lipinski definition) is 1. The van der Waals surface area contributed by atoms with Gasteiger partial charge in [0.25, 0.3) is 0 Å².